The number of hydrogen-bond acceptors (Lipinski definition) is 2. The van der Waals surface area contributed by atoms with Gasteiger partial charge in [0, 0.05) is 35.7 Å². The van der Waals surface area contributed by atoms with E-state index in [2.05, 4.69) is 9.97 Å². The summed E-state index contributed by atoms with van der Waals surface area (Å²) in [6.45, 7) is 0. The molecule has 0 spiro atoms. The predicted molar refractivity (Wildman–Crippen MR) is 115 cm³/mol. The lowest BCUT2D eigenvalue weighted by molar-refractivity contribution is -0.127. The Hall–Kier alpha value is -3.03. The first-order valence-corrected chi connectivity index (χ1v) is 10.0. The van der Waals surface area contributed by atoms with E-state index < -0.39 is 12.6 Å². The van der Waals surface area contributed by atoms with E-state index >= 15 is 0 Å². The molecule has 0 fully saturated rings. The van der Waals surface area contributed by atoms with Crippen LogP contribution in [0.15, 0.2) is 67.3 Å². The molecule has 0 aliphatic carbocycles. The number of rotatable bonds is 3. The summed E-state index contributed by atoms with van der Waals surface area (Å²) in [5.74, 6) is 0.737. The molecule has 9 heteroatoms. The Kier molecular flexibility index (Phi) is 4.68. The van der Waals surface area contributed by atoms with Crippen LogP contribution in [0.5, 0.6) is 0 Å². The van der Waals surface area contributed by atoms with Crippen molar-refractivity contribution in [2.45, 2.75) is 12.6 Å². The molecule has 0 saturated heterocycles. The molecular formula is C22H13Cl2F3N4. The van der Waals surface area contributed by atoms with Crippen LogP contribution in [0.25, 0.3) is 33.5 Å². The molecule has 0 bridgehead atoms. The van der Waals surface area contributed by atoms with Crippen LogP contribution < -0.4 is 0 Å². The lowest BCUT2D eigenvalue weighted by Crippen LogP contribution is -2.13. The van der Waals surface area contributed by atoms with Gasteiger partial charge in [0.15, 0.2) is 5.65 Å². The minimum atomic E-state index is -4.33. The molecule has 0 N–H and O–H groups in total. The number of hydrogen-bond donors (Lipinski definition) is 0. The molecule has 0 saturated carbocycles. The van der Waals surface area contributed by atoms with E-state index in [1.165, 1.54) is 10.6 Å². The Morgan fingerprint density at radius 2 is 1.81 bits per heavy atom. The fraction of sp³-hybridized carbons (Fsp3) is 0.0909. The lowest BCUT2D eigenvalue weighted by Gasteiger charge is -2.11. The van der Waals surface area contributed by atoms with Gasteiger partial charge in [0.2, 0.25) is 0 Å². The van der Waals surface area contributed by atoms with E-state index in [0.717, 1.165) is 22.3 Å². The lowest BCUT2D eigenvalue weighted by atomic mass is 10.0. The van der Waals surface area contributed by atoms with Gasteiger partial charge in [-0.2, -0.15) is 13.2 Å². The van der Waals surface area contributed by atoms with Crippen molar-refractivity contribution in [3.05, 3.63) is 83.0 Å². The standard InChI is InChI=1S/C22H13Cl2F3N4/c23-17-10-14(9-13-4-7-31(20(13)17)18-3-1-2-6-28-18)16-5-8-30-15(11-22(25,26)27)12-29-21(30)19(16)24/h1-10,12H,11H2. The molecule has 5 rings (SSSR count). The van der Waals surface area contributed by atoms with Crippen molar-refractivity contribution in [2.24, 2.45) is 0 Å². The van der Waals surface area contributed by atoms with Crippen molar-refractivity contribution in [2.75, 3.05) is 0 Å². The average molecular weight is 461 g/mol. The average Bonchev–Trinajstić information content (AvgIpc) is 3.33. The fourth-order valence-corrected chi connectivity index (χ4v) is 4.33. The van der Waals surface area contributed by atoms with Crippen LogP contribution in [0, 0.1) is 0 Å². The zero-order valence-electron chi connectivity index (χ0n) is 15.7. The molecule has 0 aliphatic heterocycles. The summed E-state index contributed by atoms with van der Waals surface area (Å²) >= 11 is 13.2. The highest BCUT2D eigenvalue weighted by Crippen LogP contribution is 2.37. The second-order valence-corrected chi connectivity index (χ2v) is 7.83. The van der Waals surface area contributed by atoms with Crippen molar-refractivity contribution < 1.29 is 13.2 Å². The Morgan fingerprint density at radius 3 is 2.55 bits per heavy atom. The van der Waals surface area contributed by atoms with Crippen LogP contribution >= 0.6 is 23.2 Å². The largest absolute Gasteiger partial charge is 0.394 e. The van der Waals surface area contributed by atoms with Crippen LogP contribution in [-0.2, 0) is 6.42 Å². The van der Waals surface area contributed by atoms with Gasteiger partial charge in [-0.25, -0.2) is 9.97 Å². The topological polar surface area (TPSA) is 35.1 Å². The van der Waals surface area contributed by atoms with E-state index in [9.17, 15) is 13.2 Å². The zero-order chi connectivity index (χ0) is 21.8. The maximum atomic E-state index is 12.8. The highest BCUT2D eigenvalue weighted by atomic mass is 35.5. The number of aromatic nitrogens is 4. The third kappa shape index (κ3) is 3.54. The zero-order valence-corrected chi connectivity index (χ0v) is 17.2. The molecule has 0 unspecified atom stereocenters. The van der Waals surface area contributed by atoms with Gasteiger partial charge in [-0.3, -0.25) is 4.57 Å². The van der Waals surface area contributed by atoms with E-state index in [1.54, 1.807) is 24.5 Å². The van der Waals surface area contributed by atoms with Gasteiger partial charge < -0.3 is 4.40 Å². The van der Waals surface area contributed by atoms with Crippen LogP contribution in [0.4, 0.5) is 13.2 Å². The van der Waals surface area contributed by atoms with Gasteiger partial charge in [-0.1, -0.05) is 29.3 Å². The van der Waals surface area contributed by atoms with Crippen LogP contribution in [0.3, 0.4) is 0 Å². The van der Waals surface area contributed by atoms with Crippen LogP contribution in [-0.4, -0.2) is 25.1 Å². The molecule has 1 aromatic carbocycles. The molecule has 4 nitrogen and oxygen atoms in total. The number of fused-ring (bicyclic) bond motifs is 2. The Bertz CT molecular complexity index is 1420. The van der Waals surface area contributed by atoms with E-state index in [-0.39, 0.29) is 16.4 Å². The molecule has 0 radical (unpaired) electrons. The first kappa shape index (κ1) is 19.9. The summed E-state index contributed by atoms with van der Waals surface area (Å²) < 4.78 is 41.7. The highest BCUT2D eigenvalue weighted by Gasteiger charge is 2.29. The number of nitrogens with zero attached hydrogens (tertiary/aromatic N) is 4. The molecule has 0 amide bonds. The van der Waals surface area contributed by atoms with Crippen molar-refractivity contribution in [1.29, 1.82) is 0 Å². The summed E-state index contributed by atoms with van der Waals surface area (Å²) in [5, 5.41) is 1.64. The highest BCUT2D eigenvalue weighted by molar-refractivity contribution is 6.37. The van der Waals surface area contributed by atoms with Crippen molar-refractivity contribution in [3.8, 4) is 16.9 Å². The molecule has 0 atom stereocenters. The van der Waals surface area contributed by atoms with Gasteiger partial charge in [0.1, 0.15) is 5.82 Å². The Balaban J connectivity index is 1.62. The first-order valence-electron chi connectivity index (χ1n) is 9.25. The number of imidazole rings is 1. The summed E-state index contributed by atoms with van der Waals surface area (Å²) in [6, 6.07) is 12.9. The summed E-state index contributed by atoms with van der Waals surface area (Å²) in [7, 11) is 0. The third-order valence-electron chi connectivity index (χ3n) is 5.02. The molecule has 31 heavy (non-hydrogen) atoms. The van der Waals surface area contributed by atoms with E-state index in [0.29, 0.717) is 10.6 Å². The van der Waals surface area contributed by atoms with Gasteiger partial charge in [0.05, 0.1) is 27.7 Å². The van der Waals surface area contributed by atoms with Crippen LogP contribution in [0.2, 0.25) is 10.0 Å². The Morgan fingerprint density at radius 1 is 0.968 bits per heavy atom. The smallest absolute Gasteiger partial charge is 0.302 e. The SMILES string of the molecule is FC(F)(F)Cc1cnc2c(Cl)c(-c3cc(Cl)c4c(ccn4-c4ccccn4)c3)ccn12. The summed E-state index contributed by atoms with van der Waals surface area (Å²) in [4.78, 5) is 8.46. The second-order valence-electron chi connectivity index (χ2n) is 7.05. The minimum absolute atomic E-state index is 0.0249. The van der Waals surface area contributed by atoms with Gasteiger partial charge in [-0.15, -0.1) is 0 Å². The maximum absolute atomic E-state index is 12.8. The fourth-order valence-electron chi connectivity index (χ4n) is 3.70. The molecule has 0 aliphatic rings. The van der Waals surface area contributed by atoms with Gasteiger partial charge in [-0.05, 0) is 42.0 Å². The Labute approximate surface area is 184 Å². The molecule has 5 aromatic rings. The monoisotopic (exact) mass is 460 g/mol. The summed E-state index contributed by atoms with van der Waals surface area (Å²) in [6.07, 6.45) is 0.911. The van der Waals surface area contributed by atoms with E-state index in [4.69, 9.17) is 23.2 Å². The molecule has 4 aromatic heterocycles. The molecular weight excluding hydrogens is 448 g/mol. The maximum Gasteiger partial charge on any atom is 0.394 e. The van der Waals surface area contributed by atoms with Gasteiger partial charge >= 0.3 is 6.18 Å². The number of halogens is 5. The minimum Gasteiger partial charge on any atom is -0.302 e. The second kappa shape index (κ2) is 7.28. The summed E-state index contributed by atoms with van der Waals surface area (Å²) in [5.41, 5.74) is 2.46. The number of alkyl halides is 3. The predicted octanol–water partition coefficient (Wildman–Crippen LogP) is 6.75. The van der Waals surface area contributed by atoms with Crippen molar-refractivity contribution >= 4 is 39.8 Å². The molecule has 156 valence electrons. The normalized spacial score (nSPS) is 12.2. The van der Waals surface area contributed by atoms with Gasteiger partial charge in [0.25, 0.3) is 0 Å². The van der Waals surface area contributed by atoms with Crippen molar-refractivity contribution in [1.82, 2.24) is 18.9 Å². The molecule has 4 heterocycles. The van der Waals surface area contributed by atoms with Crippen molar-refractivity contribution in [3.63, 3.8) is 0 Å². The van der Waals surface area contributed by atoms with Crippen LogP contribution in [0.1, 0.15) is 5.69 Å². The van der Waals surface area contributed by atoms with E-state index in [1.807, 2.05) is 41.1 Å². The number of pyridine rings is 2. The first-order chi connectivity index (χ1) is 14.8. The third-order valence-corrected chi connectivity index (χ3v) is 5.68. The quantitative estimate of drug-likeness (QED) is 0.298. The number of benzene rings is 1.